The molecule has 0 bridgehead atoms. The largest absolute Gasteiger partial charge is 0.484 e. The summed E-state index contributed by atoms with van der Waals surface area (Å²) in [6.45, 7) is 6.12. The Hall–Kier alpha value is -4.01. The number of anilines is 1. The molecule has 0 spiro atoms. The Bertz CT molecular complexity index is 1170. The maximum absolute atomic E-state index is 12.4. The van der Waals surface area contributed by atoms with Crippen molar-refractivity contribution in [2.24, 2.45) is 5.10 Å². The minimum atomic E-state index is -0.274. The van der Waals surface area contributed by atoms with Crippen molar-refractivity contribution in [2.75, 3.05) is 38.2 Å². The van der Waals surface area contributed by atoms with E-state index in [1.165, 1.54) is 0 Å². The minimum absolute atomic E-state index is 0.0946. The Morgan fingerprint density at radius 2 is 1.67 bits per heavy atom. The van der Waals surface area contributed by atoms with Gasteiger partial charge in [-0.05, 0) is 66.6 Å². The van der Waals surface area contributed by atoms with Gasteiger partial charge in [0.2, 0.25) is 0 Å². The first-order chi connectivity index (χ1) is 17.5. The summed E-state index contributed by atoms with van der Waals surface area (Å²) in [5, 5.41) is 6.83. The van der Waals surface area contributed by atoms with Gasteiger partial charge in [-0.1, -0.05) is 29.8 Å². The Kier molecular flexibility index (Phi) is 8.80. The third-order valence-electron chi connectivity index (χ3n) is 5.69. The van der Waals surface area contributed by atoms with E-state index in [2.05, 4.69) is 20.7 Å². The molecule has 0 radical (unpaired) electrons. The molecule has 0 aromatic heterocycles. The fourth-order valence-electron chi connectivity index (χ4n) is 3.64. The third-order valence-corrected chi connectivity index (χ3v) is 5.69. The predicted octanol–water partition coefficient (Wildman–Crippen LogP) is 3.61. The molecular formula is C28H30N4O4. The summed E-state index contributed by atoms with van der Waals surface area (Å²) in [7, 11) is 0. The Morgan fingerprint density at radius 3 is 2.36 bits per heavy atom. The highest BCUT2D eigenvalue weighted by molar-refractivity contribution is 5.95. The molecule has 1 aliphatic heterocycles. The number of nitrogens with zero attached hydrogens (tertiary/aromatic N) is 2. The van der Waals surface area contributed by atoms with Crippen LogP contribution in [-0.4, -0.2) is 55.8 Å². The molecule has 2 amide bonds. The van der Waals surface area contributed by atoms with Crippen molar-refractivity contribution < 1.29 is 19.1 Å². The zero-order valence-corrected chi connectivity index (χ0v) is 20.3. The molecule has 0 unspecified atom stereocenters. The monoisotopic (exact) mass is 486 g/mol. The zero-order chi connectivity index (χ0) is 25.2. The number of aryl methyl sites for hydroxylation is 1. The van der Waals surface area contributed by atoms with E-state index in [0.717, 1.165) is 55.2 Å². The number of ether oxygens (including phenoxy) is 2. The summed E-state index contributed by atoms with van der Waals surface area (Å²) >= 11 is 0. The topological polar surface area (TPSA) is 92.3 Å². The van der Waals surface area contributed by atoms with Crippen LogP contribution < -0.4 is 15.5 Å². The Morgan fingerprint density at radius 1 is 0.972 bits per heavy atom. The van der Waals surface area contributed by atoms with Crippen molar-refractivity contribution in [2.45, 2.75) is 13.5 Å². The van der Waals surface area contributed by atoms with Crippen molar-refractivity contribution in [1.82, 2.24) is 10.3 Å². The van der Waals surface area contributed by atoms with Crippen LogP contribution in [0.15, 0.2) is 77.9 Å². The number of carbonyl (C=O) groups excluding carboxylic acids is 2. The number of nitrogens with one attached hydrogen (secondary N) is 2. The SMILES string of the molecule is Cc1ccc(NC(=O)COc2ccc(/C=N\NC(=O)c3ccc(CN4CCOCC4)cc3)cc2)cc1. The van der Waals surface area contributed by atoms with Gasteiger partial charge in [-0.25, -0.2) is 5.43 Å². The Labute approximate surface area is 210 Å². The van der Waals surface area contributed by atoms with Crippen molar-refractivity contribution >= 4 is 23.7 Å². The molecule has 2 N–H and O–H groups in total. The van der Waals surface area contributed by atoms with Crippen LogP contribution in [-0.2, 0) is 16.1 Å². The van der Waals surface area contributed by atoms with Gasteiger partial charge in [0, 0.05) is 30.9 Å². The van der Waals surface area contributed by atoms with E-state index >= 15 is 0 Å². The second kappa shape index (κ2) is 12.6. The summed E-state index contributed by atoms with van der Waals surface area (Å²) in [4.78, 5) is 26.8. The van der Waals surface area contributed by atoms with Crippen molar-refractivity contribution in [3.8, 4) is 5.75 Å². The lowest BCUT2D eigenvalue weighted by molar-refractivity contribution is -0.118. The molecule has 0 saturated carbocycles. The molecule has 3 aromatic rings. The molecular weight excluding hydrogens is 456 g/mol. The van der Waals surface area contributed by atoms with E-state index in [4.69, 9.17) is 9.47 Å². The van der Waals surface area contributed by atoms with Gasteiger partial charge >= 0.3 is 0 Å². The maximum atomic E-state index is 12.4. The molecule has 0 aliphatic carbocycles. The van der Waals surface area contributed by atoms with Crippen molar-refractivity contribution in [1.29, 1.82) is 0 Å². The molecule has 0 atom stereocenters. The molecule has 1 heterocycles. The van der Waals surface area contributed by atoms with Crippen LogP contribution in [0, 0.1) is 6.92 Å². The van der Waals surface area contributed by atoms with Gasteiger partial charge < -0.3 is 14.8 Å². The van der Waals surface area contributed by atoms with E-state index in [9.17, 15) is 9.59 Å². The van der Waals surface area contributed by atoms with E-state index < -0.39 is 0 Å². The average molecular weight is 487 g/mol. The highest BCUT2D eigenvalue weighted by Gasteiger charge is 2.11. The van der Waals surface area contributed by atoms with Crippen LogP contribution in [0.1, 0.15) is 27.0 Å². The highest BCUT2D eigenvalue weighted by Crippen LogP contribution is 2.13. The van der Waals surface area contributed by atoms with Crippen molar-refractivity contribution in [3.05, 3.63) is 95.1 Å². The van der Waals surface area contributed by atoms with Gasteiger partial charge in [0.25, 0.3) is 11.8 Å². The molecule has 36 heavy (non-hydrogen) atoms. The number of hydrazone groups is 1. The lowest BCUT2D eigenvalue weighted by atomic mass is 10.1. The van der Waals surface area contributed by atoms with Gasteiger partial charge in [-0.2, -0.15) is 5.10 Å². The summed E-state index contributed by atoms with van der Waals surface area (Å²) in [6.07, 6.45) is 1.55. The quantitative estimate of drug-likeness (QED) is 0.356. The van der Waals surface area contributed by atoms with Crippen LogP contribution in [0.4, 0.5) is 5.69 Å². The summed E-state index contributed by atoms with van der Waals surface area (Å²) in [5.74, 6) is 0.0532. The van der Waals surface area contributed by atoms with Crippen molar-refractivity contribution in [3.63, 3.8) is 0 Å². The molecule has 3 aromatic carbocycles. The smallest absolute Gasteiger partial charge is 0.271 e. The Balaban J connectivity index is 1.20. The number of benzene rings is 3. The normalized spacial score (nSPS) is 13.9. The van der Waals surface area contributed by atoms with E-state index in [1.807, 2.05) is 55.5 Å². The highest BCUT2D eigenvalue weighted by atomic mass is 16.5. The number of amides is 2. The molecule has 8 nitrogen and oxygen atoms in total. The predicted molar refractivity (Wildman–Crippen MR) is 139 cm³/mol. The first-order valence-corrected chi connectivity index (χ1v) is 11.9. The van der Waals surface area contributed by atoms with E-state index in [-0.39, 0.29) is 18.4 Å². The molecule has 8 heteroatoms. The van der Waals surface area contributed by atoms with E-state index in [0.29, 0.717) is 11.3 Å². The van der Waals surface area contributed by atoms with Gasteiger partial charge in [0.05, 0.1) is 19.4 Å². The summed E-state index contributed by atoms with van der Waals surface area (Å²) in [6, 6.07) is 22.2. The van der Waals surface area contributed by atoms with Crippen LogP contribution in [0.3, 0.4) is 0 Å². The molecule has 1 fully saturated rings. The molecule has 186 valence electrons. The number of rotatable bonds is 9. The van der Waals surface area contributed by atoms with Crippen LogP contribution in [0.5, 0.6) is 5.75 Å². The maximum Gasteiger partial charge on any atom is 0.271 e. The van der Waals surface area contributed by atoms with Gasteiger partial charge in [0.15, 0.2) is 6.61 Å². The summed E-state index contributed by atoms with van der Waals surface area (Å²) < 4.78 is 10.9. The number of hydrogen-bond donors (Lipinski definition) is 2. The third kappa shape index (κ3) is 7.76. The second-order valence-corrected chi connectivity index (χ2v) is 8.56. The first-order valence-electron chi connectivity index (χ1n) is 11.9. The molecule has 1 saturated heterocycles. The number of hydrogen-bond acceptors (Lipinski definition) is 6. The van der Waals surface area contributed by atoms with Gasteiger partial charge in [0.1, 0.15) is 5.75 Å². The second-order valence-electron chi connectivity index (χ2n) is 8.56. The van der Waals surface area contributed by atoms with Gasteiger partial charge in [-0.15, -0.1) is 0 Å². The zero-order valence-electron chi connectivity index (χ0n) is 20.3. The number of carbonyl (C=O) groups is 2. The molecule has 4 rings (SSSR count). The fraction of sp³-hybridized carbons (Fsp3) is 0.250. The summed E-state index contributed by atoms with van der Waals surface area (Å²) in [5.41, 5.74) is 6.89. The fourth-order valence-corrected chi connectivity index (χ4v) is 3.64. The minimum Gasteiger partial charge on any atom is -0.484 e. The average Bonchev–Trinajstić information content (AvgIpc) is 2.90. The van der Waals surface area contributed by atoms with Crippen LogP contribution >= 0.6 is 0 Å². The van der Waals surface area contributed by atoms with Crippen LogP contribution in [0.2, 0.25) is 0 Å². The van der Waals surface area contributed by atoms with Gasteiger partial charge in [-0.3, -0.25) is 14.5 Å². The lowest BCUT2D eigenvalue weighted by Gasteiger charge is -2.26. The van der Waals surface area contributed by atoms with E-state index in [1.54, 1.807) is 30.5 Å². The lowest BCUT2D eigenvalue weighted by Crippen LogP contribution is -2.35. The molecule has 1 aliphatic rings. The standard InChI is InChI=1S/C28H30N4O4/c1-21-2-10-25(11-3-21)30-27(33)20-36-26-12-6-22(7-13-26)18-29-31-28(34)24-8-4-23(5-9-24)19-32-14-16-35-17-15-32/h2-13,18H,14-17,19-20H2,1H3,(H,30,33)(H,31,34)/b29-18-. The first kappa shape index (κ1) is 25.1. The number of morpholine rings is 1. The van der Waals surface area contributed by atoms with Crippen LogP contribution in [0.25, 0.3) is 0 Å².